The van der Waals surface area contributed by atoms with Crippen molar-refractivity contribution in [2.45, 2.75) is 0 Å². The Balaban J connectivity index is 1.49. The summed E-state index contributed by atoms with van der Waals surface area (Å²) < 4.78 is 16.0. The number of carbonyl (C=O) groups excluding carboxylic acids is 2. The number of rotatable bonds is 7. The minimum absolute atomic E-state index is 0.0288. The lowest BCUT2D eigenvalue weighted by Crippen LogP contribution is -2.47. The third-order valence-electron chi connectivity index (χ3n) is 6.16. The second-order valence-corrected chi connectivity index (χ2v) is 8.47. The first kappa shape index (κ1) is 25.0. The van der Waals surface area contributed by atoms with E-state index >= 15 is 0 Å². The molecule has 1 N–H and O–H groups in total. The number of carbonyl (C=O) groups is 2. The molecule has 9 heteroatoms. The highest BCUT2D eigenvalue weighted by Crippen LogP contribution is 2.40. The standard InChI is InChI=1S/C27H30N4O5/c1-30-11-13-31(14-12-30)27(33)19-7-5-18(6-8-19)22-15-20(9-10-28-22)26(32)29-21-16-23(34-2)25(36-4)24(17-21)35-3/h5-10,15-17H,11-14H2,1-4H3,(H,29,32). The summed E-state index contributed by atoms with van der Waals surface area (Å²) in [5.74, 6) is 1.04. The summed E-state index contributed by atoms with van der Waals surface area (Å²) in [4.78, 5) is 34.3. The largest absolute Gasteiger partial charge is 0.493 e. The number of anilines is 1. The Morgan fingerprint density at radius 1 is 0.833 bits per heavy atom. The van der Waals surface area contributed by atoms with Crippen LogP contribution < -0.4 is 19.5 Å². The van der Waals surface area contributed by atoms with Gasteiger partial charge in [-0.25, -0.2) is 0 Å². The van der Waals surface area contributed by atoms with Gasteiger partial charge in [-0.15, -0.1) is 0 Å². The Bertz CT molecular complexity index is 1210. The fourth-order valence-electron chi connectivity index (χ4n) is 4.06. The zero-order chi connectivity index (χ0) is 25.7. The molecule has 1 fully saturated rings. The highest BCUT2D eigenvalue weighted by molar-refractivity contribution is 6.05. The summed E-state index contributed by atoms with van der Waals surface area (Å²) in [5.41, 5.74) is 3.02. The number of likely N-dealkylation sites (N-methyl/N-ethyl adjacent to an activating group) is 1. The molecule has 0 bridgehead atoms. The molecule has 0 radical (unpaired) electrons. The fraction of sp³-hybridized carbons (Fsp3) is 0.296. The number of benzene rings is 2. The molecule has 1 aliphatic heterocycles. The maximum atomic E-state index is 13.0. The molecular weight excluding hydrogens is 460 g/mol. The van der Waals surface area contributed by atoms with Crippen LogP contribution in [0.25, 0.3) is 11.3 Å². The molecule has 0 atom stereocenters. The molecule has 9 nitrogen and oxygen atoms in total. The van der Waals surface area contributed by atoms with Crippen molar-refractivity contribution in [3.05, 3.63) is 65.9 Å². The lowest BCUT2D eigenvalue weighted by molar-refractivity contribution is 0.0664. The molecule has 1 aliphatic rings. The van der Waals surface area contributed by atoms with Crippen molar-refractivity contribution in [2.24, 2.45) is 0 Å². The molecule has 4 rings (SSSR count). The first-order chi connectivity index (χ1) is 17.4. The number of piperazine rings is 1. The number of methoxy groups -OCH3 is 3. The Kier molecular flexibility index (Phi) is 7.70. The summed E-state index contributed by atoms with van der Waals surface area (Å²) in [5, 5.41) is 2.87. The van der Waals surface area contributed by atoms with Gasteiger partial charge >= 0.3 is 0 Å². The summed E-state index contributed by atoms with van der Waals surface area (Å²) in [7, 11) is 6.61. The number of ether oxygens (including phenoxy) is 3. The number of amides is 2. The van der Waals surface area contributed by atoms with Crippen LogP contribution in [0.2, 0.25) is 0 Å². The van der Waals surface area contributed by atoms with Crippen molar-refractivity contribution >= 4 is 17.5 Å². The molecule has 0 aliphatic carbocycles. The second kappa shape index (κ2) is 11.1. The third kappa shape index (κ3) is 5.41. The second-order valence-electron chi connectivity index (χ2n) is 8.47. The predicted octanol–water partition coefficient (Wildman–Crippen LogP) is 3.41. The van der Waals surface area contributed by atoms with Gasteiger partial charge in [0, 0.05) is 66.9 Å². The van der Waals surface area contributed by atoms with Crippen LogP contribution in [0.4, 0.5) is 5.69 Å². The molecule has 188 valence electrons. The number of aromatic nitrogens is 1. The SMILES string of the molecule is COc1cc(NC(=O)c2ccnc(-c3ccc(C(=O)N4CCN(C)CC4)cc3)c2)cc(OC)c1OC. The lowest BCUT2D eigenvalue weighted by Gasteiger charge is -2.32. The van der Waals surface area contributed by atoms with E-state index in [0.29, 0.717) is 39.8 Å². The minimum Gasteiger partial charge on any atom is -0.493 e. The van der Waals surface area contributed by atoms with Crippen LogP contribution >= 0.6 is 0 Å². The average Bonchev–Trinajstić information content (AvgIpc) is 2.92. The highest BCUT2D eigenvalue weighted by Gasteiger charge is 2.20. The van der Waals surface area contributed by atoms with Crippen molar-refractivity contribution < 1.29 is 23.8 Å². The van der Waals surface area contributed by atoms with Gasteiger partial charge in [0.05, 0.1) is 27.0 Å². The molecule has 36 heavy (non-hydrogen) atoms. The van der Waals surface area contributed by atoms with Gasteiger partial charge in [-0.3, -0.25) is 14.6 Å². The van der Waals surface area contributed by atoms with E-state index < -0.39 is 0 Å². The van der Waals surface area contributed by atoms with Crippen LogP contribution in [0.3, 0.4) is 0 Å². The van der Waals surface area contributed by atoms with E-state index in [2.05, 4.69) is 22.2 Å². The van der Waals surface area contributed by atoms with E-state index in [1.54, 1.807) is 42.6 Å². The average molecular weight is 491 g/mol. The lowest BCUT2D eigenvalue weighted by atomic mass is 10.1. The fourth-order valence-corrected chi connectivity index (χ4v) is 4.06. The first-order valence-electron chi connectivity index (χ1n) is 11.6. The van der Waals surface area contributed by atoms with Gasteiger partial charge in [-0.05, 0) is 31.3 Å². The molecule has 2 heterocycles. The van der Waals surface area contributed by atoms with Gasteiger partial charge in [0.25, 0.3) is 11.8 Å². The van der Waals surface area contributed by atoms with Gasteiger partial charge in [0.2, 0.25) is 5.75 Å². The van der Waals surface area contributed by atoms with Gasteiger partial charge < -0.3 is 29.3 Å². The maximum absolute atomic E-state index is 13.0. The smallest absolute Gasteiger partial charge is 0.255 e. The van der Waals surface area contributed by atoms with E-state index in [-0.39, 0.29) is 11.8 Å². The molecular formula is C27H30N4O5. The summed E-state index contributed by atoms with van der Waals surface area (Å²) >= 11 is 0. The van der Waals surface area contributed by atoms with Crippen molar-refractivity contribution in [1.29, 1.82) is 0 Å². The van der Waals surface area contributed by atoms with Crippen molar-refractivity contribution in [1.82, 2.24) is 14.8 Å². The Hall–Kier alpha value is -4.11. The van der Waals surface area contributed by atoms with Crippen molar-refractivity contribution in [3.8, 4) is 28.5 Å². The van der Waals surface area contributed by atoms with Crippen molar-refractivity contribution in [2.75, 3.05) is 59.9 Å². The number of nitrogens with zero attached hydrogens (tertiary/aromatic N) is 3. The van der Waals surface area contributed by atoms with Crippen LogP contribution in [0.15, 0.2) is 54.7 Å². The number of pyridine rings is 1. The summed E-state index contributed by atoms with van der Waals surface area (Å²) in [6, 6.07) is 14.0. The normalized spacial score (nSPS) is 13.7. The van der Waals surface area contributed by atoms with E-state index in [0.717, 1.165) is 31.7 Å². The van der Waals surface area contributed by atoms with Gasteiger partial charge in [0.15, 0.2) is 11.5 Å². The van der Waals surface area contributed by atoms with Crippen LogP contribution in [-0.2, 0) is 0 Å². The van der Waals surface area contributed by atoms with E-state index in [9.17, 15) is 9.59 Å². The van der Waals surface area contributed by atoms with Crippen molar-refractivity contribution in [3.63, 3.8) is 0 Å². The quantitative estimate of drug-likeness (QED) is 0.543. The molecule has 0 saturated carbocycles. The Labute approximate surface area is 210 Å². The molecule has 1 aromatic heterocycles. The van der Waals surface area contributed by atoms with E-state index in [4.69, 9.17) is 14.2 Å². The molecule has 1 saturated heterocycles. The molecule has 2 aromatic carbocycles. The Morgan fingerprint density at radius 3 is 2.06 bits per heavy atom. The number of nitrogens with one attached hydrogen (secondary N) is 1. The summed E-state index contributed by atoms with van der Waals surface area (Å²) in [6.45, 7) is 3.20. The zero-order valence-electron chi connectivity index (χ0n) is 20.9. The monoisotopic (exact) mass is 490 g/mol. The van der Waals surface area contributed by atoms with Gasteiger partial charge in [-0.1, -0.05) is 12.1 Å². The Morgan fingerprint density at radius 2 is 1.47 bits per heavy atom. The van der Waals surface area contributed by atoms with Gasteiger partial charge in [-0.2, -0.15) is 0 Å². The first-order valence-corrected chi connectivity index (χ1v) is 11.6. The molecule has 0 spiro atoms. The minimum atomic E-state index is -0.310. The van der Waals surface area contributed by atoms with Crippen LogP contribution in [-0.4, -0.2) is 81.2 Å². The third-order valence-corrected chi connectivity index (χ3v) is 6.16. The summed E-state index contributed by atoms with van der Waals surface area (Å²) in [6.07, 6.45) is 1.59. The maximum Gasteiger partial charge on any atom is 0.255 e. The van der Waals surface area contributed by atoms with Gasteiger partial charge in [0.1, 0.15) is 0 Å². The number of hydrogen-bond donors (Lipinski definition) is 1. The zero-order valence-corrected chi connectivity index (χ0v) is 20.9. The van der Waals surface area contributed by atoms with Crippen LogP contribution in [0.1, 0.15) is 20.7 Å². The molecule has 2 amide bonds. The highest BCUT2D eigenvalue weighted by atomic mass is 16.5. The number of hydrogen-bond acceptors (Lipinski definition) is 7. The molecule has 3 aromatic rings. The topological polar surface area (TPSA) is 93.2 Å². The predicted molar refractivity (Wildman–Crippen MR) is 137 cm³/mol. The van der Waals surface area contributed by atoms with E-state index in [1.165, 1.54) is 21.3 Å². The molecule has 0 unspecified atom stereocenters. The van der Waals surface area contributed by atoms with Crippen LogP contribution in [0.5, 0.6) is 17.2 Å². The van der Waals surface area contributed by atoms with E-state index in [1.807, 2.05) is 17.0 Å². The van der Waals surface area contributed by atoms with Crippen LogP contribution in [0, 0.1) is 0 Å².